The summed E-state index contributed by atoms with van der Waals surface area (Å²) < 4.78 is 27.0. The van der Waals surface area contributed by atoms with Crippen LogP contribution in [0.5, 0.6) is 0 Å². The predicted octanol–water partition coefficient (Wildman–Crippen LogP) is 3.64. The van der Waals surface area contributed by atoms with E-state index in [0.29, 0.717) is 41.5 Å². The van der Waals surface area contributed by atoms with Crippen molar-refractivity contribution in [3.63, 3.8) is 0 Å². The van der Waals surface area contributed by atoms with Crippen LogP contribution in [0.1, 0.15) is 12.8 Å². The van der Waals surface area contributed by atoms with E-state index in [2.05, 4.69) is 15.2 Å². The van der Waals surface area contributed by atoms with Gasteiger partial charge in [0.15, 0.2) is 5.13 Å². The second kappa shape index (κ2) is 8.74. The molecule has 0 atom stereocenters. The molecule has 0 saturated carbocycles. The zero-order chi connectivity index (χ0) is 21.1. The van der Waals surface area contributed by atoms with Gasteiger partial charge in [-0.25, -0.2) is 13.8 Å². The van der Waals surface area contributed by atoms with E-state index >= 15 is 0 Å². The number of hydrogen-bond donors (Lipinski definition) is 1. The Morgan fingerprint density at radius 3 is 2.40 bits per heavy atom. The summed E-state index contributed by atoms with van der Waals surface area (Å²) in [6.45, 7) is 2.43. The molecule has 30 heavy (non-hydrogen) atoms. The Kier molecular flexibility index (Phi) is 5.89. The number of rotatable bonds is 5. The number of carbonyl (C=O) groups is 2. The lowest BCUT2D eigenvalue weighted by molar-refractivity contribution is -0.133. The first kappa shape index (κ1) is 20.2. The molecule has 1 aromatic heterocycles. The number of aromatic nitrogens is 1. The van der Waals surface area contributed by atoms with Crippen molar-refractivity contribution < 1.29 is 18.4 Å². The molecule has 0 aliphatic carbocycles. The normalized spacial score (nSPS) is 14.2. The summed E-state index contributed by atoms with van der Waals surface area (Å²) in [6.07, 6.45) is 0.170. The lowest BCUT2D eigenvalue weighted by atomic mass is 10.2. The molecule has 1 aliphatic rings. The Balaban J connectivity index is 1.24. The van der Waals surface area contributed by atoms with Gasteiger partial charge in [0, 0.05) is 44.7 Å². The summed E-state index contributed by atoms with van der Waals surface area (Å²) in [4.78, 5) is 32.7. The van der Waals surface area contributed by atoms with E-state index in [4.69, 9.17) is 0 Å². The highest BCUT2D eigenvalue weighted by atomic mass is 32.1. The number of halogens is 2. The van der Waals surface area contributed by atoms with Gasteiger partial charge in [-0.05, 0) is 42.5 Å². The van der Waals surface area contributed by atoms with E-state index in [1.165, 1.54) is 35.6 Å². The molecule has 1 aliphatic heterocycles. The van der Waals surface area contributed by atoms with Crippen LogP contribution in [0.4, 0.5) is 19.6 Å². The summed E-state index contributed by atoms with van der Waals surface area (Å²) in [5, 5.41) is 3.07. The monoisotopic (exact) mass is 430 g/mol. The van der Waals surface area contributed by atoms with Crippen LogP contribution in [0.25, 0.3) is 10.2 Å². The van der Waals surface area contributed by atoms with Gasteiger partial charge in [-0.1, -0.05) is 11.3 Å². The van der Waals surface area contributed by atoms with E-state index in [1.54, 1.807) is 23.1 Å². The van der Waals surface area contributed by atoms with Gasteiger partial charge in [-0.2, -0.15) is 0 Å². The minimum absolute atomic E-state index is 0.0568. The average Bonchev–Trinajstić information content (AvgIpc) is 3.14. The third kappa shape index (κ3) is 4.73. The third-order valence-corrected chi connectivity index (χ3v) is 5.92. The van der Waals surface area contributed by atoms with Crippen molar-refractivity contribution in [2.45, 2.75) is 12.8 Å². The number of amides is 2. The van der Waals surface area contributed by atoms with Crippen molar-refractivity contribution in [1.29, 1.82) is 0 Å². The summed E-state index contributed by atoms with van der Waals surface area (Å²) in [5.41, 5.74) is 1.55. The number of nitrogens with zero attached hydrogens (tertiary/aromatic N) is 3. The highest BCUT2D eigenvalue weighted by molar-refractivity contribution is 7.22. The first-order chi connectivity index (χ1) is 14.5. The minimum atomic E-state index is -0.353. The Morgan fingerprint density at radius 2 is 1.67 bits per heavy atom. The van der Waals surface area contributed by atoms with Crippen molar-refractivity contribution >= 4 is 44.2 Å². The molecule has 2 aromatic carbocycles. The quantitative estimate of drug-likeness (QED) is 0.671. The van der Waals surface area contributed by atoms with Crippen LogP contribution in [0.2, 0.25) is 0 Å². The fourth-order valence-electron chi connectivity index (χ4n) is 3.38. The molecule has 2 amide bonds. The van der Waals surface area contributed by atoms with Crippen LogP contribution < -0.4 is 10.2 Å². The van der Waals surface area contributed by atoms with Gasteiger partial charge < -0.3 is 15.1 Å². The number of anilines is 2. The second-order valence-electron chi connectivity index (χ2n) is 7.02. The number of benzene rings is 2. The molecule has 0 bridgehead atoms. The minimum Gasteiger partial charge on any atom is -0.368 e. The largest absolute Gasteiger partial charge is 0.368 e. The molecular formula is C21H20F2N4O2S. The van der Waals surface area contributed by atoms with Crippen molar-refractivity contribution in [1.82, 2.24) is 9.88 Å². The van der Waals surface area contributed by atoms with E-state index in [-0.39, 0.29) is 36.3 Å². The molecule has 3 aromatic rings. The van der Waals surface area contributed by atoms with Gasteiger partial charge in [-0.15, -0.1) is 0 Å². The molecule has 1 N–H and O–H groups in total. The molecule has 9 heteroatoms. The number of nitrogens with one attached hydrogen (secondary N) is 1. The number of fused-ring (bicyclic) bond motifs is 1. The Hall–Kier alpha value is -3.07. The topological polar surface area (TPSA) is 65.5 Å². The zero-order valence-electron chi connectivity index (χ0n) is 16.1. The Morgan fingerprint density at radius 1 is 0.967 bits per heavy atom. The maximum atomic E-state index is 13.3. The maximum absolute atomic E-state index is 13.3. The molecule has 0 spiro atoms. The van der Waals surface area contributed by atoms with E-state index in [0.717, 1.165) is 5.69 Å². The van der Waals surface area contributed by atoms with Gasteiger partial charge in [0.2, 0.25) is 11.8 Å². The molecule has 1 fully saturated rings. The van der Waals surface area contributed by atoms with E-state index in [1.807, 2.05) is 0 Å². The average molecular weight is 430 g/mol. The molecule has 6 nitrogen and oxygen atoms in total. The van der Waals surface area contributed by atoms with Crippen LogP contribution in [-0.2, 0) is 9.59 Å². The molecule has 1 saturated heterocycles. The molecule has 2 heterocycles. The van der Waals surface area contributed by atoms with Crippen molar-refractivity contribution in [2.24, 2.45) is 0 Å². The summed E-state index contributed by atoms with van der Waals surface area (Å²) in [7, 11) is 0. The maximum Gasteiger partial charge on any atom is 0.226 e. The second-order valence-corrected chi connectivity index (χ2v) is 8.05. The number of piperazine rings is 1. The molecule has 156 valence electrons. The Bertz CT molecular complexity index is 1060. The standard InChI is InChI=1S/C21H20F2N4O2S/c22-14-1-4-16(5-2-14)26-9-11-27(12-10-26)20(29)8-7-19(28)25-21-24-17-6-3-15(23)13-18(17)30-21/h1-6,13H,7-12H2,(H,24,25,28). The molecule has 4 rings (SSSR count). The van der Waals surface area contributed by atoms with Crippen LogP contribution in [0, 0.1) is 11.6 Å². The van der Waals surface area contributed by atoms with E-state index < -0.39 is 0 Å². The fraction of sp³-hybridized carbons (Fsp3) is 0.286. The van der Waals surface area contributed by atoms with Crippen molar-refractivity contribution in [3.8, 4) is 0 Å². The van der Waals surface area contributed by atoms with Crippen LogP contribution in [0.3, 0.4) is 0 Å². The fourth-order valence-corrected chi connectivity index (χ4v) is 4.29. The predicted molar refractivity (Wildman–Crippen MR) is 113 cm³/mol. The SMILES string of the molecule is O=C(CCC(=O)N1CCN(c2ccc(F)cc2)CC1)Nc1nc2ccc(F)cc2s1. The highest BCUT2D eigenvalue weighted by Gasteiger charge is 2.22. The summed E-state index contributed by atoms with van der Waals surface area (Å²) >= 11 is 1.19. The summed E-state index contributed by atoms with van der Waals surface area (Å²) in [5.74, 6) is -0.999. The smallest absolute Gasteiger partial charge is 0.226 e. The molecule has 0 unspecified atom stereocenters. The van der Waals surface area contributed by atoms with Gasteiger partial charge in [0.05, 0.1) is 10.2 Å². The Labute approximate surface area is 176 Å². The first-order valence-electron chi connectivity index (χ1n) is 9.62. The molecular weight excluding hydrogens is 410 g/mol. The number of thiazole rings is 1. The van der Waals surface area contributed by atoms with Crippen LogP contribution >= 0.6 is 11.3 Å². The summed E-state index contributed by atoms with van der Waals surface area (Å²) in [6, 6.07) is 10.6. The first-order valence-corrected chi connectivity index (χ1v) is 10.4. The highest BCUT2D eigenvalue weighted by Crippen LogP contribution is 2.26. The lowest BCUT2D eigenvalue weighted by Gasteiger charge is -2.36. The van der Waals surface area contributed by atoms with Crippen molar-refractivity contribution in [3.05, 3.63) is 54.1 Å². The van der Waals surface area contributed by atoms with Gasteiger partial charge in [0.25, 0.3) is 0 Å². The van der Waals surface area contributed by atoms with Crippen LogP contribution in [-0.4, -0.2) is 47.9 Å². The number of carbonyl (C=O) groups excluding carboxylic acids is 2. The number of hydrogen-bond acceptors (Lipinski definition) is 5. The van der Waals surface area contributed by atoms with Gasteiger partial charge in [-0.3, -0.25) is 9.59 Å². The van der Waals surface area contributed by atoms with Gasteiger partial charge in [0.1, 0.15) is 11.6 Å². The van der Waals surface area contributed by atoms with E-state index in [9.17, 15) is 18.4 Å². The van der Waals surface area contributed by atoms with Crippen molar-refractivity contribution in [2.75, 3.05) is 36.4 Å². The zero-order valence-corrected chi connectivity index (χ0v) is 16.9. The van der Waals surface area contributed by atoms with Gasteiger partial charge >= 0.3 is 0 Å². The third-order valence-electron chi connectivity index (χ3n) is 4.99. The van der Waals surface area contributed by atoms with Crippen LogP contribution in [0.15, 0.2) is 42.5 Å². The molecule has 0 radical (unpaired) electrons. The lowest BCUT2D eigenvalue weighted by Crippen LogP contribution is -2.48.